The SMILES string of the molecule is COCCC1(CNC2CCC(N)CC2)CCCCC1. The van der Waals surface area contributed by atoms with E-state index in [1.807, 2.05) is 7.11 Å². The van der Waals surface area contributed by atoms with Crippen molar-refractivity contribution < 1.29 is 4.74 Å². The van der Waals surface area contributed by atoms with Crippen LogP contribution in [0.4, 0.5) is 0 Å². The van der Waals surface area contributed by atoms with Crippen LogP contribution in [-0.2, 0) is 4.74 Å². The summed E-state index contributed by atoms with van der Waals surface area (Å²) in [6.45, 7) is 2.10. The molecule has 0 radical (unpaired) electrons. The van der Waals surface area contributed by atoms with Crippen molar-refractivity contribution in [1.82, 2.24) is 5.32 Å². The van der Waals surface area contributed by atoms with Gasteiger partial charge in [0.15, 0.2) is 0 Å². The standard InChI is InChI=1S/C16H32N2O/c1-19-12-11-16(9-3-2-4-10-16)13-18-15-7-5-14(17)6-8-15/h14-15,18H,2-13,17H2,1H3. The first-order valence-electron chi connectivity index (χ1n) is 8.22. The summed E-state index contributed by atoms with van der Waals surface area (Å²) in [7, 11) is 1.83. The van der Waals surface area contributed by atoms with Gasteiger partial charge in [-0.2, -0.15) is 0 Å². The summed E-state index contributed by atoms with van der Waals surface area (Å²) < 4.78 is 5.33. The number of ether oxygens (including phenoxy) is 1. The first-order valence-corrected chi connectivity index (χ1v) is 8.22. The van der Waals surface area contributed by atoms with Crippen molar-refractivity contribution >= 4 is 0 Å². The third kappa shape index (κ3) is 4.73. The zero-order valence-corrected chi connectivity index (χ0v) is 12.6. The Hall–Kier alpha value is -0.120. The molecule has 0 aromatic rings. The average Bonchev–Trinajstić information content (AvgIpc) is 2.46. The Morgan fingerprint density at radius 1 is 1.11 bits per heavy atom. The Balaban J connectivity index is 1.78. The van der Waals surface area contributed by atoms with E-state index in [4.69, 9.17) is 10.5 Å². The minimum absolute atomic E-state index is 0.454. The Morgan fingerprint density at radius 3 is 2.42 bits per heavy atom. The molecule has 0 amide bonds. The maximum atomic E-state index is 5.98. The van der Waals surface area contributed by atoms with Crippen LogP contribution in [0.3, 0.4) is 0 Å². The fraction of sp³-hybridized carbons (Fsp3) is 1.00. The number of nitrogens with two attached hydrogens (primary N) is 1. The van der Waals surface area contributed by atoms with Crippen molar-refractivity contribution in [2.24, 2.45) is 11.1 Å². The summed E-state index contributed by atoms with van der Waals surface area (Å²) in [5.41, 5.74) is 6.49. The Kier molecular flexibility index (Phi) is 6.11. The molecule has 0 aromatic heterocycles. The highest BCUT2D eigenvalue weighted by atomic mass is 16.5. The minimum atomic E-state index is 0.454. The van der Waals surface area contributed by atoms with Crippen molar-refractivity contribution in [2.45, 2.75) is 76.3 Å². The molecule has 112 valence electrons. The minimum Gasteiger partial charge on any atom is -0.385 e. The van der Waals surface area contributed by atoms with Gasteiger partial charge >= 0.3 is 0 Å². The topological polar surface area (TPSA) is 47.3 Å². The first kappa shape index (κ1) is 15.3. The summed E-state index contributed by atoms with van der Waals surface area (Å²) in [5, 5.41) is 3.85. The lowest BCUT2D eigenvalue weighted by Gasteiger charge is -2.39. The highest BCUT2D eigenvalue weighted by Gasteiger charge is 2.32. The molecule has 0 atom stereocenters. The van der Waals surface area contributed by atoms with Gasteiger partial charge in [0.1, 0.15) is 0 Å². The van der Waals surface area contributed by atoms with Crippen LogP contribution in [0.5, 0.6) is 0 Å². The van der Waals surface area contributed by atoms with E-state index in [1.54, 1.807) is 0 Å². The van der Waals surface area contributed by atoms with Gasteiger partial charge in [0.2, 0.25) is 0 Å². The first-order chi connectivity index (χ1) is 9.24. The lowest BCUT2D eigenvalue weighted by Crippen LogP contribution is -2.44. The molecule has 2 rings (SSSR count). The van der Waals surface area contributed by atoms with Gasteiger partial charge in [0.05, 0.1) is 0 Å². The van der Waals surface area contributed by atoms with Gasteiger partial charge < -0.3 is 15.8 Å². The van der Waals surface area contributed by atoms with E-state index in [1.165, 1.54) is 70.8 Å². The fourth-order valence-electron chi connectivity index (χ4n) is 3.82. The maximum absolute atomic E-state index is 5.98. The van der Waals surface area contributed by atoms with E-state index in [0.29, 0.717) is 17.5 Å². The van der Waals surface area contributed by atoms with Gasteiger partial charge in [-0.1, -0.05) is 19.3 Å². The molecule has 19 heavy (non-hydrogen) atoms. The van der Waals surface area contributed by atoms with E-state index in [-0.39, 0.29) is 0 Å². The monoisotopic (exact) mass is 268 g/mol. The molecule has 3 nitrogen and oxygen atoms in total. The van der Waals surface area contributed by atoms with Crippen LogP contribution in [0.1, 0.15) is 64.2 Å². The Bertz CT molecular complexity index is 243. The molecule has 0 aliphatic heterocycles. The Labute approximate surface area is 118 Å². The van der Waals surface area contributed by atoms with Gasteiger partial charge in [-0.15, -0.1) is 0 Å². The van der Waals surface area contributed by atoms with Crippen molar-refractivity contribution in [2.75, 3.05) is 20.3 Å². The maximum Gasteiger partial charge on any atom is 0.0468 e. The largest absolute Gasteiger partial charge is 0.385 e. The second-order valence-corrected chi connectivity index (χ2v) is 6.80. The number of hydrogen-bond donors (Lipinski definition) is 2. The van der Waals surface area contributed by atoms with Crippen LogP contribution in [0.2, 0.25) is 0 Å². The van der Waals surface area contributed by atoms with Crippen LogP contribution in [0, 0.1) is 5.41 Å². The van der Waals surface area contributed by atoms with Crippen molar-refractivity contribution in [3.8, 4) is 0 Å². The quantitative estimate of drug-likeness (QED) is 0.779. The summed E-state index contributed by atoms with van der Waals surface area (Å²) in [5.74, 6) is 0. The molecule has 2 aliphatic rings. The molecular formula is C16H32N2O. The predicted molar refractivity (Wildman–Crippen MR) is 80.2 cm³/mol. The summed E-state index contributed by atoms with van der Waals surface area (Å²) in [6.07, 6.45) is 13.2. The second kappa shape index (κ2) is 7.61. The lowest BCUT2D eigenvalue weighted by molar-refractivity contribution is 0.0962. The Morgan fingerprint density at radius 2 is 1.79 bits per heavy atom. The van der Waals surface area contributed by atoms with Crippen LogP contribution >= 0.6 is 0 Å². The normalized spacial score (nSPS) is 31.3. The molecular weight excluding hydrogens is 236 g/mol. The smallest absolute Gasteiger partial charge is 0.0468 e. The zero-order valence-electron chi connectivity index (χ0n) is 12.6. The summed E-state index contributed by atoms with van der Waals surface area (Å²) >= 11 is 0. The number of nitrogens with one attached hydrogen (secondary N) is 1. The molecule has 0 saturated heterocycles. The van der Waals surface area contributed by atoms with Gasteiger partial charge in [-0.05, 0) is 50.4 Å². The third-order valence-electron chi connectivity index (χ3n) is 5.29. The van der Waals surface area contributed by atoms with Gasteiger partial charge in [0, 0.05) is 32.3 Å². The average molecular weight is 268 g/mol. The molecule has 0 aromatic carbocycles. The molecule has 0 unspecified atom stereocenters. The van der Waals surface area contributed by atoms with E-state index >= 15 is 0 Å². The lowest BCUT2D eigenvalue weighted by atomic mass is 9.71. The van der Waals surface area contributed by atoms with Crippen LogP contribution in [0.25, 0.3) is 0 Å². The summed E-state index contributed by atoms with van der Waals surface area (Å²) in [4.78, 5) is 0. The van der Waals surface area contributed by atoms with Gasteiger partial charge in [-0.25, -0.2) is 0 Å². The summed E-state index contributed by atoms with van der Waals surface area (Å²) in [6, 6.07) is 1.16. The van der Waals surface area contributed by atoms with Crippen LogP contribution < -0.4 is 11.1 Å². The molecule has 0 bridgehead atoms. The zero-order chi connectivity index (χ0) is 13.6. The molecule has 0 heterocycles. The van der Waals surface area contributed by atoms with Crippen molar-refractivity contribution in [3.63, 3.8) is 0 Å². The van der Waals surface area contributed by atoms with Gasteiger partial charge in [0.25, 0.3) is 0 Å². The van der Waals surface area contributed by atoms with Crippen molar-refractivity contribution in [3.05, 3.63) is 0 Å². The molecule has 2 aliphatic carbocycles. The highest BCUT2D eigenvalue weighted by Crippen LogP contribution is 2.39. The third-order valence-corrected chi connectivity index (χ3v) is 5.29. The molecule has 2 saturated carbocycles. The van der Waals surface area contributed by atoms with E-state index in [2.05, 4.69) is 5.32 Å². The number of methoxy groups -OCH3 is 1. The van der Waals surface area contributed by atoms with E-state index < -0.39 is 0 Å². The van der Waals surface area contributed by atoms with Crippen LogP contribution in [-0.4, -0.2) is 32.3 Å². The highest BCUT2D eigenvalue weighted by molar-refractivity contribution is 4.87. The van der Waals surface area contributed by atoms with Crippen LogP contribution in [0.15, 0.2) is 0 Å². The number of hydrogen-bond acceptors (Lipinski definition) is 3. The molecule has 0 spiro atoms. The van der Waals surface area contributed by atoms with Gasteiger partial charge in [-0.3, -0.25) is 0 Å². The number of rotatable bonds is 6. The van der Waals surface area contributed by atoms with E-state index in [9.17, 15) is 0 Å². The molecule has 3 heteroatoms. The predicted octanol–water partition coefficient (Wildman–Crippen LogP) is 2.83. The van der Waals surface area contributed by atoms with Crippen molar-refractivity contribution in [1.29, 1.82) is 0 Å². The second-order valence-electron chi connectivity index (χ2n) is 6.80. The van der Waals surface area contributed by atoms with E-state index in [0.717, 1.165) is 6.61 Å². The fourth-order valence-corrected chi connectivity index (χ4v) is 3.82. The molecule has 2 fully saturated rings. The molecule has 3 N–H and O–H groups in total.